The molecule has 6 aliphatic rings. The largest absolute Gasteiger partial charge is 0.488 e. The highest BCUT2D eigenvalue weighted by Gasteiger charge is 2.63. The summed E-state index contributed by atoms with van der Waals surface area (Å²) in [5.74, 6) is 1.19. The molecule has 6 heterocycles. The Morgan fingerprint density at radius 1 is 0.615 bits per heavy atom. The molecule has 14 nitrogen and oxygen atoms in total. The van der Waals surface area contributed by atoms with Gasteiger partial charge in [0.25, 0.3) is 0 Å². The van der Waals surface area contributed by atoms with E-state index >= 15 is 0 Å². The lowest BCUT2D eigenvalue weighted by Crippen LogP contribution is -2.55. The third-order valence-electron chi connectivity index (χ3n) is 16.1. The van der Waals surface area contributed by atoms with Gasteiger partial charge in [-0.2, -0.15) is 0 Å². The zero-order chi connectivity index (χ0) is 56.7. The maximum absolute atomic E-state index is 12.8. The summed E-state index contributed by atoms with van der Waals surface area (Å²) in [4.78, 5) is 44.8. The van der Waals surface area contributed by atoms with Gasteiger partial charge in [0.1, 0.15) is 5.15 Å². The van der Waals surface area contributed by atoms with Crippen LogP contribution in [0.4, 0.5) is 0 Å². The number of halogens is 4. The predicted molar refractivity (Wildman–Crippen MR) is 314 cm³/mol. The van der Waals surface area contributed by atoms with Gasteiger partial charge < -0.3 is 37.9 Å². The number of rotatable bonds is 10. The number of ether oxygens (including phenoxy) is 2. The van der Waals surface area contributed by atoms with E-state index in [0.29, 0.717) is 23.9 Å². The summed E-state index contributed by atoms with van der Waals surface area (Å²) in [6.07, 6.45) is 14.4. The molecule has 4 aromatic rings. The molecule has 0 N–H and O–H groups in total. The lowest BCUT2D eigenvalue weighted by Gasteiger charge is -2.40. The van der Waals surface area contributed by atoms with E-state index in [-0.39, 0.29) is 75.1 Å². The number of aryl methyl sites for hydroxylation is 2. The Balaban J connectivity index is 0.000000162. The molecule has 2 aliphatic carbocycles. The van der Waals surface area contributed by atoms with Gasteiger partial charge in [-0.05, 0) is 209 Å². The van der Waals surface area contributed by atoms with Crippen LogP contribution < -0.4 is 0 Å². The standard InChI is InChI=1S/C23H28ClN3O2.C19H26BrNO2.C12H24B2O4.C4H2Cl2N2/c1-15(2)29-19-13-27(14-19)22(28)12-17-6-4-3-5-16-11-18(7-8-20(16)17)21-9-10-25-23(24)26-21;1-13(2)23-17-11-21(12-17)19(22)10-15-6-4-3-5-14-9-16(20)7-8-18(14)15;1-9(2)10(3,4)16-13(15-9)14-17-11(5,6)12(7,8)18-14;5-3-1-2-7-4(6)8-3/h7-11,15,17,19H,3-6,12-14H2,1-2H3;7-9,13,15,17H,3-6,10-12H2,1-2H3;1-8H3;1-2H. The number of benzene rings is 2. The summed E-state index contributed by atoms with van der Waals surface area (Å²) in [7, 11) is -0.952. The fraction of sp³-hybridized carbons (Fsp3) is 0.621. The molecule has 2 aromatic carbocycles. The summed E-state index contributed by atoms with van der Waals surface area (Å²) in [5.41, 5.74) is 5.89. The van der Waals surface area contributed by atoms with Crippen LogP contribution in [0, 0.1) is 0 Å². The van der Waals surface area contributed by atoms with Crippen LogP contribution in [0.5, 0.6) is 0 Å². The van der Waals surface area contributed by atoms with Gasteiger partial charge in [0.15, 0.2) is 0 Å². The van der Waals surface area contributed by atoms with Crippen LogP contribution in [-0.2, 0) is 50.5 Å². The smallest absolute Gasteiger partial charge is 0.405 e. The molecule has 2 aromatic heterocycles. The number of hydrogen-bond acceptors (Lipinski definition) is 12. The first kappa shape index (κ1) is 62.4. The fourth-order valence-corrected chi connectivity index (χ4v) is 11.3. The second-order valence-electron chi connectivity index (χ2n) is 23.9. The van der Waals surface area contributed by atoms with E-state index in [9.17, 15) is 9.59 Å². The lowest BCUT2D eigenvalue weighted by atomic mass is 9.49. The molecule has 0 radical (unpaired) electrons. The van der Waals surface area contributed by atoms with Crippen molar-refractivity contribution in [2.75, 3.05) is 26.2 Å². The summed E-state index contributed by atoms with van der Waals surface area (Å²) < 4.78 is 36.5. The highest BCUT2D eigenvalue weighted by atomic mass is 79.9. The number of carbonyl (C=O) groups is 2. The van der Waals surface area contributed by atoms with Crippen molar-refractivity contribution in [3.05, 3.63) is 103 Å². The van der Waals surface area contributed by atoms with Gasteiger partial charge >= 0.3 is 14.0 Å². The molecular formula is C58H80B2BrCl3N6O8. The molecule has 2 unspecified atom stereocenters. The number of carbonyl (C=O) groups excluding carboxylic acids is 2. The highest BCUT2D eigenvalue weighted by molar-refractivity contribution is 9.10. The molecular weight excluding hydrogens is 1120 g/mol. The number of hydrogen-bond donors (Lipinski definition) is 0. The average Bonchev–Trinajstić information content (AvgIpc) is 3.57. The van der Waals surface area contributed by atoms with Crippen molar-refractivity contribution in [3.63, 3.8) is 0 Å². The lowest BCUT2D eigenvalue weighted by molar-refractivity contribution is -0.149. The van der Waals surface area contributed by atoms with Crippen molar-refractivity contribution in [1.29, 1.82) is 0 Å². The normalized spacial score (nSPS) is 22.0. The third kappa shape index (κ3) is 16.5. The van der Waals surface area contributed by atoms with Gasteiger partial charge in [-0.3, -0.25) is 9.59 Å². The van der Waals surface area contributed by atoms with Gasteiger partial charge in [-0.1, -0.05) is 58.6 Å². The SMILES string of the molecule is CC(C)OC1CN(C(=O)CC2CCCCc3cc(-c4ccnc(Cl)n4)ccc32)C1.CC(C)OC1CN(C(=O)CC2CCCCc3cc(Br)ccc32)C1.CC1(C)OB(B2OC(C)(C)C(C)(C)O2)OC1(C)C.Clc1ccnc(Cl)n1. The first-order valence-electron chi connectivity index (χ1n) is 27.8. The van der Waals surface area contributed by atoms with E-state index < -0.39 is 14.0 Å². The van der Waals surface area contributed by atoms with E-state index in [0.717, 1.165) is 80.4 Å². The summed E-state index contributed by atoms with van der Waals surface area (Å²) in [6, 6.07) is 16.5. The first-order chi connectivity index (χ1) is 36.7. The molecule has 2 atom stereocenters. The van der Waals surface area contributed by atoms with Crippen LogP contribution >= 0.6 is 50.7 Å². The van der Waals surface area contributed by atoms with E-state index in [4.69, 9.17) is 62.9 Å². The molecule has 10 rings (SSSR count). The molecule has 78 heavy (non-hydrogen) atoms. The Kier molecular flexibility index (Phi) is 21.4. The highest BCUT2D eigenvalue weighted by Crippen LogP contribution is 2.43. The topological polar surface area (TPSA) is 148 Å². The Morgan fingerprint density at radius 3 is 1.45 bits per heavy atom. The number of likely N-dealkylation sites (tertiary alicyclic amines) is 2. The fourth-order valence-electron chi connectivity index (χ4n) is 10.4. The van der Waals surface area contributed by atoms with Crippen LogP contribution in [0.1, 0.15) is 169 Å². The molecule has 0 saturated carbocycles. The second kappa shape index (κ2) is 26.8. The van der Waals surface area contributed by atoms with Crippen molar-refractivity contribution in [3.8, 4) is 11.3 Å². The minimum absolute atomic E-state index is 0.178. The number of nitrogens with zero attached hydrogens (tertiary/aromatic N) is 6. The van der Waals surface area contributed by atoms with Crippen molar-refractivity contribution in [2.45, 2.75) is 206 Å². The summed E-state index contributed by atoms with van der Waals surface area (Å²) in [5, 5.41) is 0.803. The summed E-state index contributed by atoms with van der Waals surface area (Å²) >= 11 is 20.3. The van der Waals surface area contributed by atoms with Crippen molar-refractivity contribution >= 4 is 76.6 Å². The van der Waals surface area contributed by atoms with Gasteiger partial charge in [-0.15, -0.1) is 0 Å². The van der Waals surface area contributed by atoms with E-state index in [2.05, 4.69) is 72.3 Å². The Bertz CT molecular complexity index is 2590. The van der Waals surface area contributed by atoms with Crippen molar-refractivity contribution < 1.29 is 37.7 Å². The molecule has 424 valence electrons. The van der Waals surface area contributed by atoms with Gasteiger partial charge in [0.2, 0.25) is 22.4 Å². The molecule has 4 fully saturated rings. The summed E-state index contributed by atoms with van der Waals surface area (Å²) in [6.45, 7) is 27.4. The number of fused-ring (bicyclic) bond motifs is 2. The monoisotopic (exact) mass is 1190 g/mol. The maximum atomic E-state index is 12.8. The van der Waals surface area contributed by atoms with Crippen LogP contribution in [0.25, 0.3) is 11.3 Å². The van der Waals surface area contributed by atoms with E-state index in [1.165, 1.54) is 41.3 Å². The molecule has 4 aliphatic heterocycles. The van der Waals surface area contributed by atoms with E-state index in [1.807, 2.05) is 99.0 Å². The number of amides is 2. The minimum Gasteiger partial charge on any atom is -0.405 e. The first-order valence-corrected chi connectivity index (χ1v) is 29.7. The van der Waals surface area contributed by atoms with Gasteiger partial charge in [-0.25, -0.2) is 19.9 Å². The third-order valence-corrected chi connectivity index (χ3v) is 17.1. The molecule has 4 saturated heterocycles. The zero-order valence-electron chi connectivity index (χ0n) is 47.8. The number of aromatic nitrogens is 4. The molecule has 2 amide bonds. The molecule has 0 bridgehead atoms. The molecule has 20 heteroatoms. The minimum atomic E-state index is -0.476. The second-order valence-corrected chi connectivity index (χ2v) is 25.8. The average molecular weight is 1200 g/mol. The quantitative estimate of drug-likeness (QED) is 0.0644. The van der Waals surface area contributed by atoms with Crippen LogP contribution in [0.15, 0.2) is 65.4 Å². The Morgan fingerprint density at radius 2 is 1.04 bits per heavy atom. The Hall–Kier alpha value is -3.22. The Labute approximate surface area is 487 Å². The predicted octanol–water partition coefficient (Wildman–Crippen LogP) is 13.0. The van der Waals surface area contributed by atoms with Gasteiger partial charge in [0, 0.05) is 61.5 Å². The zero-order valence-corrected chi connectivity index (χ0v) is 51.6. The van der Waals surface area contributed by atoms with Crippen LogP contribution in [0.3, 0.4) is 0 Å². The molecule has 0 spiro atoms. The van der Waals surface area contributed by atoms with Crippen molar-refractivity contribution in [2.24, 2.45) is 0 Å². The van der Waals surface area contributed by atoms with Crippen LogP contribution in [-0.4, -0.2) is 129 Å². The maximum Gasteiger partial charge on any atom is 0.488 e. The van der Waals surface area contributed by atoms with Crippen LogP contribution in [0.2, 0.25) is 15.7 Å². The van der Waals surface area contributed by atoms with Crippen molar-refractivity contribution in [1.82, 2.24) is 29.7 Å². The van der Waals surface area contributed by atoms with E-state index in [1.54, 1.807) is 12.3 Å². The van der Waals surface area contributed by atoms with Gasteiger partial charge in [0.05, 0.1) is 52.5 Å².